The zero-order valence-electron chi connectivity index (χ0n) is 9.82. The summed E-state index contributed by atoms with van der Waals surface area (Å²) in [6.45, 7) is 4.30. The lowest BCUT2D eigenvalue weighted by Gasteiger charge is -2.11. The molecule has 0 saturated carbocycles. The van der Waals surface area contributed by atoms with Crippen LogP contribution in [-0.4, -0.2) is 12.1 Å². The highest BCUT2D eigenvalue weighted by Crippen LogP contribution is 2.30. The maximum atomic E-state index is 5.88. The van der Waals surface area contributed by atoms with Gasteiger partial charge in [-0.05, 0) is 29.0 Å². The van der Waals surface area contributed by atoms with Gasteiger partial charge >= 0.3 is 0 Å². The van der Waals surface area contributed by atoms with E-state index in [1.54, 1.807) is 7.11 Å². The molecular formula is C13H16N2O. The van der Waals surface area contributed by atoms with Gasteiger partial charge < -0.3 is 10.5 Å². The van der Waals surface area contributed by atoms with Crippen molar-refractivity contribution in [1.82, 2.24) is 4.98 Å². The number of ether oxygens (including phenoxy) is 1. The molecule has 0 unspecified atom stereocenters. The summed E-state index contributed by atoms with van der Waals surface area (Å²) in [6.07, 6.45) is 1.86. The lowest BCUT2D eigenvalue weighted by Crippen LogP contribution is -1.97. The van der Waals surface area contributed by atoms with Crippen molar-refractivity contribution in [1.29, 1.82) is 0 Å². The van der Waals surface area contributed by atoms with Gasteiger partial charge in [-0.2, -0.15) is 0 Å². The van der Waals surface area contributed by atoms with Crippen molar-refractivity contribution in [3.63, 3.8) is 0 Å². The minimum Gasteiger partial charge on any atom is -0.497 e. The number of anilines is 1. The Bertz CT molecular complexity index is 521. The molecule has 0 fully saturated rings. The van der Waals surface area contributed by atoms with Gasteiger partial charge in [0, 0.05) is 11.6 Å². The molecule has 0 bridgehead atoms. The fraction of sp³-hybridized carbons (Fsp3) is 0.308. The highest BCUT2D eigenvalue weighted by molar-refractivity contribution is 5.94. The highest BCUT2D eigenvalue weighted by atomic mass is 16.5. The molecule has 1 aromatic heterocycles. The molecule has 3 nitrogen and oxygen atoms in total. The first kappa shape index (κ1) is 10.7. The molecule has 0 atom stereocenters. The summed E-state index contributed by atoms with van der Waals surface area (Å²) in [6, 6.07) is 5.93. The molecule has 84 valence electrons. The number of nitrogens with two attached hydrogens (primary N) is 1. The third kappa shape index (κ3) is 1.69. The van der Waals surface area contributed by atoms with Gasteiger partial charge in [-0.1, -0.05) is 19.9 Å². The third-order valence-electron chi connectivity index (χ3n) is 2.78. The first-order valence-electron chi connectivity index (χ1n) is 5.35. The van der Waals surface area contributed by atoms with Gasteiger partial charge in [0.05, 0.1) is 7.11 Å². The topological polar surface area (TPSA) is 48.1 Å². The number of aromatic nitrogens is 1. The van der Waals surface area contributed by atoms with E-state index in [4.69, 9.17) is 10.5 Å². The van der Waals surface area contributed by atoms with Crippen LogP contribution in [0, 0.1) is 0 Å². The molecular weight excluding hydrogens is 200 g/mol. The van der Waals surface area contributed by atoms with Crippen molar-refractivity contribution in [2.24, 2.45) is 0 Å². The maximum Gasteiger partial charge on any atom is 0.131 e. The van der Waals surface area contributed by atoms with Gasteiger partial charge in [-0.25, -0.2) is 4.98 Å². The Balaban J connectivity index is 2.75. The Morgan fingerprint density at radius 3 is 2.62 bits per heavy atom. The summed E-state index contributed by atoms with van der Waals surface area (Å²) in [5, 5.41) is 2.12. The standard InChI is InChI=1S/C13H16N2O/c1-8(2)12-7-15-13(14)11-6-9(16-3)4-5-10(11)12/h4-8H,1-3H3,(H2,14,15). The van der Waals surface area contributed by atoms with Gasteiger partial charge in [-0.3, -0.25) is 0 Å². The molecule has 0 aliphatic carbocycles. The molecule has 3 heteroatoms. The van der Waals surface area contributed by atoms with Crippen LogP contribution in [0.5, 0.6) is 5.75 Å². The van der Waals surface area contributed by atoms with Crippen molar-refractivity contribution >= 4 is 16.6 Å². The number of hydrogen-bond acceptors (Lipinski definition) is 3. The minimum absolute atomic E-state index is 0.434. The number of hydrogen-bond donors (Lipinski definition) is 1. The molecule has 0 aliphatic heterocycles. The van der Waals surface area contributed by atoms with Crippen molar-refractivity contribution in [2.45, 2.75) is 19.8 Å². The molecule has 1 aromatic carbocycles. The van der Waals surface area contributed by atoms with Gasteiger partial charge in [0.1, 0.15) is 11.6 Å². The number of rotatable bonds is 2. The number of nitrogen functional groups attached to an aromatic ring is 1. The van der Waals surface area contributed by atoms with Crippen LogP contribution < -0.4 is 10.5 Å². The molecule has 0 spiro atoms. The molecule has 0 amide bonds. The number of methoxy groups -OCH3 is 1. The Labute approximate surface area is 95.2 Å². The van der Waals surface area contributed by atoms with E-state index in [1.165, 1.54) is 5.56 Å². The summed E-state index contributed by atoms with van der Waals surface area (Å²) in [7, 11) is 1.65. The van der Waals surface area contributed by atoms with Crippen LogP contribution in [0.4, 0.5) is 5.82 Å². The zero-order chi connectivity index (χ0) is 11.7. The second-order valence-electron chi connectivity index (χ2n) is 4.16. The van der Waals surface area contributed by atoms with E-state index in [1.807, 2.05) is 24.4 Å². The lowest BCUT2D eigenvalue weighted by molar-refractivity contribution is 0.415. The smallest absolute Gasteiger partial charge is 0.131 e. The van der Waals surface area contributed by atoms with Crippen LogP contribution in [0.2, 0.25) is 0 Å². The molecule has 2 aromatic rings. The lowest BCUT2D eigenvalue weighted by atomic mass is 9.98. The van der Waals surface area contributed by atoms with E-state index in [2.05, 4.69) is 18.8 Å². The normalized spacial score (nSPS) is 11.0. The average Bonchev–Trinajstić information content (AvgIpc) is 2.29. The molecule has 0 saturated heterocycles. The Morgan fingerprint density at radius 1 is 1.25 bits per heavy atom. The molecule has 1 heterocycles. The second-order valence-corrected chi connectivity index (χ2v) is 4.16. The van der Waals surface area contributed by atoms with Crippen LogP contribution in [0.15, 0.2) is 24.4 Å². The summed E-state index contributed by atoms with van der Waals surface area (Å²) < 4.78 is 5.19. The Kier molecular flexibility index (Phi) is 2.69. The van der Waals surface area contributed by atoms with E-state index in [9.17, 15) is 0 Å². The van der Waals surface area contributed by atoms with Crippen LogP contribution in [-0.2, 0) is 0 Å². The summed E-state index contributed by atoms with van der Waals surface area (Å²) in [5.41, 5.74) is 7.10. The molecule has 0 radical (unpaired) electrons. The predicted octanol–water partition coefficient (Wildman–Crippen LogP) is 2.95. The second kappa shape index (κ2) is 4.00. The van der Waals surface area contributed by atoms with E-state index >= 15 is 0 Å². The number of nitrogens with zero attached hydrogens (tertiary/aromatic N) is 1. The first-order chi connectivity index (χ1) is 7.63. The monoisotopic (exact) mass is 216 g/mol. The highest BCUT2D eigenvalue weighted by Gasteiger charge is 2.09. The fourth-order valence-corrected chi connectivity index (χ4v) is 1.85. The SMILES string of the molecule is COc1ccc2c(C(C)C)cnc(N)c2c1. The van der Waals surface area contributed by atoms with E-state index in [0.717, 1.165) is 16.5 Å². The summed E-state index contributed by atoms with van der Waals surface area (Å²) in [5.74, 6) is 1.80. The third-order valence-corrected chi connectivity index (χ3v) is 2.78. The van der Waals surface area contributed by atoms with Crippen molar-refractivity contribution in [3.8, 4) is 5.75 Å². The van der Waals surface area contributed by atoms with Crippen LogP contribution in [0.25, 0.3) is 10.8 Å². The zero-order valence-corrected chi connectivity index (χ0v) is 9.82. The van der Waals surface area contributed by atoms with Crippen molar-refractivity contribution in [2.75, 3.05) is 12.8 Å². The number of pyridine rings is 1. The van der Waals surface area contributed by atoms with E-state index in [-0.39, 0.29) is 0 Å². The van der Waals surface area contributed by atoms with Crippen LogP contribution in [0.3, 0.4) is 0 Å². The molecule has 2 N–H and O–H groups in total. The first-order valence-corrected chi connectivity index (χ1v) is 5.35. The molecule has 0 aliphatic rings. The minimum atomic E-state index is 0.434. The Morgan fingerprint density at radius 2 is 2.00 bits per heavy atom. The van der Waals surface area contributed by atoms with Gasteiger partial charge in [0.2, 0.25) is 0 Å². The predicted molar refractivity (Wildman–Crippen MR) is 66.8 cm³/mol. The van der Waals surface area contributed by atoms with Crippen LogP contribution >= 0.6 is 0 Å². The van der Waals surface area contributed by atoms with Crippen molar-refractivity contribution in [3.05, 3.63) is 30.0 Å². The summed E-state index contributed by atoms with van der Waals surface area (Å²) in [4.78, 5) is 4.23. The van der Waals surface area contributed by atoms with Gasteiger partial charge in [0.25, 0.3) is 0 Å². The number of benzene rings is 1. The van der Waals surface area contributed by atoms with E-state index < -0.39 is 0 Å². The molecule has 16 heavy (non-hydrogen) atoms. The maximum absolute atomic E-state index is 5.88. The average molecular weight is 216 g/mol. The Hall–Kier alpha value is -1.77. The van der Waals surface area contributed by atoms with Gasteiger partial charge in [0.15, 0.2) is 0 Å². The molecule has 2 rings (SSSR count). The fourth-order valence-electron chi connectivity index (χ4n) is 1.85. The largest absolute Gasteiger partial charge is 0.497 e. The summed E-state index contributed by atoms with van der Waals surface area (Å²) >= 11 is 0. The quantitative estimate of drug-likeness (QED) is 0.839. The van der Waals surface area contributed by atoms with Gasteiger partial charge in [-0.15, -0.1) is 0 Å². The van der Waals surface area contributed by atoms with Crippen molar-refractivity contribution < 1.29 is 4.74 Å². The van der Waals surface area contributed by atoms with Crippen LogP contribution in [0.1, 0.15) is 25.3 Å². The number of fused-ring (bicyclic) bond motifs is 1. The van der Waals surface area contributed by atoms with E-state index in [0.29, 0.717) is 11.7 Å².